The van der Waals surface area contributed by atoms with Crippen LogP contribution in [0.2, 0.25) is 0 Å². The number of carbonyl (C=O) groups excluding carboxylic acids is 1. The second-order valence-electron chi connectivity index (χ2n) is 7.99. The fourth-order valence-corrected chi connectivity index (χ4v) is 4.39. The molecule has 0 aliphatic heterocycles. The maximum absolute atomic E-state index is 12.0. The van der Waals surface area contributed by atoms with E-state index in [1.807, 2.05) is 19.1 Å². The predicted octanol–water partition coefficient (Wildman–Crippen LogP) is 3.65. The molecule has 0 aromatic carbocycles. The van der Waals surface area contributed by atoms with Crippen LogP contribution in [-0.2, 0) is 4.79 Å². The van der Waals surface area contributed by atoms with Gasteiger partial charge in [0.15, 0.2) is 5.78 Å². The lowest BCUT2D eigenvalue weighted by atomic mass is 9.86. The van der Waals surface area contributed by atoms with Gasteiger partial charge in [0.1, 0.15) is 0 Å². The molecule has 3 heteroatoms. The number of rotatable bonds is 7. The van der Waals surface area contributed by atoms with Crippen LogP contribution in [0.4, 0.5) is 0 Å². The van der Waals surface area contributed by atoms with Gasteiger partial charge in [0.25, 0.3) is 0 Å². The molecule has 2 unspecified atom stereocenters. The number of carbonyl (C=O) groups is 1. The first kappa shape index (κ1) is 18.4. The van der Waals surface area contributed by atoms with Crippen LogP contribution in [0, 0.1) is 23.7 Å². The van der Waals surface area contributed by atoms with Crippen molar-refractivity contribution in [3.63, 3.8) is 0 Å². The van der Waals surface area contributed by atoms with Gasteiger partial charge in [-0.1, -0.05) is 51.8 Å². The molecule has 2 N–H and O–H groups in total. The summed E-state index contributed by atoms with van der Waals surface area (Å²) in [6, 6.07) is 0. The van der Waals surface area contributed by atoms with Crippen LogP contribution >= 0.6 is 0 Å². The van der Waals surface area contributed by atoms with Gasteiger partial charge in [0, 0.05) is 11.8 Å². The highest BCUT2D eigenvalue weighted by atomic mass is 16.3. The van der Waals surface area contributed by atoms with E-state index in [9.17, 15) is 15.0 Å². The summed E-state index contributed by atoms with van der Waals surface area (Å²) in [4.78, 5) is 12.0. The van der Waals surface area contributed by atoms with Crippen molar-refractivity contribution in [2.75, 3.05) is 0 Å². The molecule has 23 heavy (non-hydrogen) atoms. The van der Waals surface area contributed by atoms with Gasteiger partial charge in [-0.25, -0.2) is 0 Å². The third-order valence-electron chi connectivity index (χ3n) is 5.61. The third kappa shape index (κ3) is 4.33. The van der Waals surface area contributed by atoms with Crippen molar-refractivity contribution >= 4 is 5.78 Å². The smallest absolute Gasteiger partial charge is 0.161 e. The molecule has 0 aromatic heterocycles. The molecule has 0 bridgehead atoms. The first-order valence-electron chi connectivity index (χ1n) is 9.07. The Labute approximate surface area is 140 Å². The Morgan fingerprint density at radius 2 is 2.17 bits per heavy atom. The molecular weight excluding hydrogens is 288 g/mol. The number of allylic oxidation sites excluding steroid dienone is 1. The average Bonchev–Trinajstić information content (AvgIpc) is 2.91. The molecule has 0 radical (unpaired) electrons. The Hall–Kier alpha value is -0.930. The van der Waals surface area contributed by atoms with Gasteiger partial charge in [-0.2, -0.15) is 0 Å². The lowest BCUT2D eigenvalue weighted by Crippen LogP contribution is -2.25. The summed E-state index contributed by atoms with van der Waals surface area (Å²) in [5.41, 5.74) is -0.157. The molecule has 2 fully saturated rings. The molecule has 0 aromatic rings. The van der Waals surface area contributed by atoms with Crippen LogP contribution < -0.4 is 0 Å². The summed E-state index contributed by atoms with van der Waals surface area (Å²) in [5, 5.41) is 20.9. The third-order valence-corrected chi connectivity index (χ3v) is 5.61. The molecule has 3 nitrogen and oxygen atoms in total. The van der Waals surface area contributed by atoms with Crippen LogP contribution in [0.15, 0.2) is 24.3 Å². The SMILES string of the molecule is C=C1C[C@H]2[C@H](C=CC(C)(O)CC(C)CCCC)[C@H](O)C[C@@H]2C1=O. The summed E-state index contributed by atoms with van der Waals surface area (Å²) < 4.78 is 0. The molecule has 6 atom stereocenters. The van der Waals surface area contributed by atoms with Gasteiger partial charge in [0.2, 0.25) is 0 Å². The van der Waals surface area contributed by atoms with Crippen LogP contribution in [0.25, 0.3) is 0 Å². The normalized spacial score (nSPS) is 34.8. The quantitative estimate of drug-likeness (QED) is 0.556. The van der Waals surface area contributed by atoms with Crippen molar-refractivity contribution in [3.8, 4) is 0 Å². The number of aliphatic hydroxyl groups is 2. The lowest BCUT2D eigenvalue weighted by molar-refractivity contribution is -0.118. The largest absolute Gasteiger partial charge is 0.392 e. The molecule has 0 amide bonds. The highest BCUT2D eigenvalue weighted by Gasteiger charge is 2.49. The number of fused-ring (bicyclic) bond motifs is 1. The number of aliphatic hydroxyl groups excluding tert-OH is 1. The number of hydrogen-bond donors (Lipinski definition) is 2. The Balaban J connectivity index is 1.98. The minimum Gasteiger partial charge on any atom is -0.392 e. The summed E-state index contributed by atoms with van der Waals surface area (Å²) >= 11 is 0. The Morgan fingerprint density at radius 3 is 2.83 bits per heavy atom. The van der Waals surface area contributed by atoms with Gasteiger partial charge in [0.05, 0.1) is 11.7 Å². The van der Waals surface area contributed by atoms with E-state index in [0.29, 0.717) is 24.3 Å². The minimum absolute atomic E-state index is 0.0411. The number of unbranched alkanes of at least 4 members (excludes halogenated alkanes) is 1. The summed E-state index contributed by atoms with van der Waals surface area (Å²) in [6.45, 7) is 10.0. The van der Waals surface area contributed by atoms with E-state index in [4.69, 9.17) is 0 Å². The van der Waals surface area contributed by atoms with Crippen molar-refractivity contribution < 1.29 is 15.0 Å². The molecule has 0 heterocycles. The zero-order valence-corrected chi connectivity index (χ0v) is 14.8. The van der Waals surface area contributed by atoms with Crippen molar-refractivity contribution in [1.82, 2.24) is 0 Å². The summed E-state index contributed by atoms with van der Waals surface area (Å²) in [6.07, 6.45) is 8.76. The molecular formula is C20H32O3. The topological polar surface area (TPSA) is 57.5 Å². The van der Waals surface area contributed by atoms with Crippen LogP contribution in [-0.4, -0.2) is 27.7 Å². The summed E-state index contributed by atoms with van der Waals surface area (Å²) in [5.74, 6) is 0.657. The number of hydrogen-bond acceptors (Lipinski definition) is 3. The van der Waals surface area contributed by atoms with Crippen LogP contribution in [0.1, 0.15) is 59.3 Å². The van der Waals surface area contributed by atoms with E-state index in [0.717, 1.165) is 12.8 Å². The van der Waals surface area contributed by atoms with Gasteiger partial charge in [-0.15, -0.1) is 0 Å². The zero-order valence-electron chi connectivity index (χ0n) is 14.8. The van der Waals surface area contributed by atoms with E-state index >= 15 is 0 Å². The summed E-state index contributed by atoms with van der Waals surface area (Å²) in [7, 11) is 0. The second kappa shape index (κ2) is 7.31. The fourth-order valence-electron chi connectivity index (χ4n) is 4.39. The molecule has 2 aliphatic rings. The fraction of sp³-hybridized carbons (Fsp3) is 0.750. The van der Waals surface area contributed by atoms with E-state index in [1.165, 1.54) is 12.8 Å². The van der Waals surface area contributed by atoms with E-state index in [2.05, 4.69) is 20.4 Å². The molecule has 0 saturated heterocycles. The first-order valence-corrected chi connectivity index (χ1v) is 9.07. The number of ketones is 1. The van der Waals surface area contributed by atoms with Crippen molar-refractivity contribution in [2.24, 2.45) is 23.7 Å². The highest BCUT2D eigenvalue weighted by Crippen LogP contribution is 2.48. The molecule has 2 rings (SSSR count). The van der Waals surface area contributed by atoms with Gasteiger partial charge >= 0.3 is 0 Å². The predicted molar refractivity (Wildman–Crippen MR) is 92.9 cm³/mol. The Bertz CT molecular complexity index is 477. The van der Waals surface area contributed by atoms with Crippen LogP contribution in [0.5, 0.6) is 0 Å². The number of Topliss-reactive ketones (excluding diaryl/α,β-unsaturated/α-hetero) is 1. The average molecular weight is 320 g/mol. The lowest BCUT2D eigenvalue weighted by Gasteiger charge is -2.25. The zero-order chi connectivity index (χ0) is 17.2. The van der Waals surface area contributed by atoms with E-state index in [-0.39, 0.29) is 23.5 Å². The monoisotopic (exact) mass is 320 g/mol. The molecule has 130 valence electrons. The molecule has 0 spiro atoms. The Kier molecular flexibility index (Phi) is 5.85. The van der Waals surface area contributed by atoms with E-state index in [1.54, 1.807) is 0 Å². The standard InChI is InChI=1S/C20H32O3/c1-5-6-7-13(2)12-20(4,23)9-8-15-16-10-14(3)19(22)17(16)11-18(15)21/h8-9,13,15-18,21,23H,3,5-7,10-12H2,1-2,4H3/t13?,15-,16-,17-,18+,20?/m0/s1. The minimum atomic E-state index is -0.857. The van der Waals surface area contributed by atoms with Gasteiger partial charge in [-0.05, 0) is 43.6 Å². The highest BCUT2D eigenvalue weighted by molar-refractivity contribution is 5.99. The van der Waals surface area contributed by atoms with Crippen molar-refractivity contribution in [2.45, 2.75) is 71.0 Å². The molecule has 2 aliphatic carbocycles. The molecule has 2 saturated carbocycles. The van der Waals surface area contributed by atoms with E-state index < -0.39 is 11.7 Å². The van der Waals surface area contributed by atoms with Gasteiger partial charge < -0.3 is 10.2 Å². The Morgan fingerprint density at radius 1 is 1.48 bits per heavy atom. The van der Waals surface area contributed by atoms with Crippen molar-refractivity contribution in [3.05, 3.63) is 24.3 Å². The van der Waals surface area contributed by atoms with Crippen molar-refractivity contribution in [1.29, 1.82) is 0 Å². The maximum atomic E-state index is 12.0. The maximum Gasteiger partial charge on any atom is 0.161 e. The van der Waals surface area contributed by atoms with Crippen LogP contribution in [0.3, 0.4) is 0 Å². The second-order valence-corrected chi connectivity index (χ2v) is 7.99. The first-order chi connectivity index (χ1) is 10.7. The van der Waals surface area contributed by atoms with Gasteiger partial charge in [-0.3, -0.25) is 4.79 Å².